The molecule has 0 aliphatic carbocycles. The molecule has 3 heteroatoms. The molecule has 3 aliphatic heterocycles. The van der Waals surface area contributed by atoms with E-state index in [1.54, 1.807) is 7.11 Å². The second kappa shape index (κ2) is 5.51. The molecule has 2 atom stereocenters. The van der Waals surface area contributed by atoms with Gasteiger partial charge in [-0.3, -0.25) is 4.90 Å². The number of nitrogens with two attached hydrogens (primary N) is 1. The first-order valence-corrected chi connectivity index (χ1v) is 7.39. The molecule has 2 unspecified atom stereocenters. The molecule has 3 aliphatic rings. The lowest BCUT2D eigenvalue weighted by molar-refractivity contribution is 0.161. The number of ether oxygens (including phenoxy) is 1. The van der Waals surface area contributed by atoms with Gasteiger partial charge in [-0.05, 0) is 56.3 Å². The lowest BCUT2D eigenvalue weighted by atomic mass is 9.92. The average molecular weight is 260 g/mol. The number of methoxy groups -OCH3 is 1. The molecular formula is C16H24N2O. The van der Waals surface area contributed by atoms with Crippen molar-refractivity contribution < 1.29 is 4.74 Å². The van der Waals surface area contributed by atoms with Gasteiger partial charge in [0.1, 0.15) is 5.75 Å². The van der Waals surface area contributed by atoms with E-state index >= 15 is 0 Å². The van der Waals surface area contributed by atoms with Crippen molar-refractivity contribution in [3.8, 4) is 5.75 Å². The summed E-state index contributed by atoms with van der Waals surface area (Å²) in [6, 6.07) is 9.12. The Morgan fingerprint density at radius 1 is 1.26 bits per heavy atom. The van der Waals surface area contributed by atoms with Crippen LogP contribution in [0.25, 0.3) is 0 Å². The molecular weight excluding hydrogens is 236 g/mol. The van der Waals surface area contributed by atoms with Crippen molar-refractivity contribution in [1.29, 1.82) is 0 Å². The first-order valence-electron chi connectivity index (χ1n) is 7.39. The van der Waals surface area contributed by atoms with Gasteiger partial charge in [0.25, 0.3) is 0 Å². The van der Waals surface area contributed by atoms with E-state index in [1.807, 2.05) is 12.1 Å². The normalized spacial score (nSPS) is 34.0. The molecule has 1 aromatic rings. The summed E-state index contributed by atoms with van der Waals surface area (Å²) in [6.07, 6.45) is 4.86. The highest BCUT2D eigenvalue weighted by Crippen LogP contribution is 2.32. The third-order valence-corrected chi connectivity index (χ3v) is 4.84. The zero-order chi connectivity index (χ0) is 13.2. The van der Waals surface area contributed by atoms with E-state index in [-0.39, 0.29) is 0 Å². The minimum absolute atomic E-state index is 0.305. The Kier molecular flexibility index (Phi) is 3.76. The van der Waals surface area contributed by atoms with Crippen molar-refractivity contribution >= 4 is 0 Å². The Labute approximate surface area is 115 Å². The van der Waals surface area contributed by atoms with Crippen molar-refractivity contribution in [2.45, 2.75) is 37.8 Å². The topological polar surface area (TPSA) is 38.5 Å². The molecule has 2 bridgehead atoms. The fraction of sp³-hybridized carbons (Fsp3) is 0.625. The molecule has 0 radical (unpaired) electrons. The SMILES string of the molecule is COc1ccccc1CC1C(N)CC2CCN1CC2. The number of hydrogen-bond acceptors (Lipinski definition) is 3. The maximum absolute atomic E-state index is 6.46. The van der Waals surface area contributed by atoms with Crippen molar-refractivity contribution in [1.82, 2.24) is 4.90 Å². The van der Waals surface area contributed by atoms with Gasteiger partial charge in [-0.1, -0.05) is 18.2 Å². The van der Waals surface area contributed by atoms with E-state index in [2.05, 4.69) is 17.0 Å². The molecule has 104 valence electrons. The number of nitrogens with zero attached hydrogens (tertiary/aromatic N) is 1. The zero-order valence-corrected chi connectivity index (χ0v) is 11.7. The van der Waals surface area contributed by atoms with Gasteiger partial charge >= 0.3 is 0 Å². The summed E-state index contributed by atoms with van der Waals surface area (Å²) in [6.45, 7) is 2.44. The summed E-state index contributed by atoms with van der Waals surface area (Å²) in [7, 11) is 1.75. The molecule has 3 nitrogen and oxygen atoms in total. The van der Waals surface area contributed by atoms with Crippen LogP contribution in [0.2, 0.25) is 0 Å². The van der Waals surface area contributed by atoms with Gasteiger partial charge in [-0.2, -0.15) is 0 Å². The Morgan fingerprint density at radius 3 is 2.74 bits per heavy atom. The highest BCUT2D eigenvalue weighted by molar-refractivity contribution is 5.34. The summed E-state index contributed by atoms with van der Waals surface area (Å²) in [4.78, 5) is 2.60. The first-order chi connectivity index (χ1) is 9.28. The Balaban J connectivity index is 1.81. The van der Waals surface area contributed by atoms with E-state index in [0.29, 0.717) is 12.1 Å². The predicted molar refractivity (Wildman–Crippen MR) is 77.4 cm³/mol. The summed E-state index contributed by atoms with van der Waals surface area (Å²) in [5.41, 5.74) is 7.74. The average Bonchev–Trinajstić information content (AvgIpc) is 2.68. The smallest absolute Gasteiger partial charge is 0.122 e. The fourth-order valence-corrected chi connectivity index (χ4v) is 3.71. The van der Waals surface area contributed by atoms with Crippen molar-refractivity contribution in [2.75, 3.05) is 20.2 Å². The maximum atomic E-state index is 6.46. The number of hydrogen-bond donors (Lipinski definition) is 1. The Morgan fingerprint density at radius 2 is 2.00 bits per heavy atom. The number of piperidine rings is 1. The standard InChI is InChI=1S/C16H24N2O/c1-19-16-5-3-2-4-13(16)11-15-14(17)10-12-6-8-18(15)9-7-12/h2-5,12,14-15H,6-11,17H2,1H3. The van der Waals surface area contributed by atoms with Crippen molar-refractivity contribution in [2.24, 2.45) is 11.7 Å². The van der Waals surface area contributed by atoms with Crippen molar-refractivity contribution in [3.05, 3.63) is 29.8 Å². The van der Waals surface area contributed by atoms with E-state index in [9.17, 15) is 0 Å². The van der Waals surface area contributed by atoms with Crippen LogP contribution in [0.1, 0.15) is 24.8 Å². The number of benzene rings is 1. The summed E-state index contributed by atoms with van der Waals surface area (Å²) >= 11 is 0. The summed E-state index contributed by atoms with van der Waals surface area (Å²) in [5, 5.41) is 0. The van der Waals surface area contributed by atoms with Crippen LogP contribution < -0.4 is 10.5 Å². The van der Waals surface area contributed by atoms with Crippen LogP contribution in [0.5, 0.6) is 5.75 Å². The molecule has 0 aromatic heterocycles. The lowest BCUT2D eigenvalue weighted by Gasteiger charge is -2.34. The Bertz CT molecular complexity index is 427. The van der Waals surface area contributed by atoms with Crippen LogP contribution in [0.3, 0.4) is 0 Å². The lowest BCUT2D eigenvalue weighted by Crippen LogP contribution is -2.47. The molecule has 2 N–H and O–H groups in total. The Hall–Kier alpha value is -1.06. The van der Waals surface area contributed by atoms with E-state index in [1.165, 1.54) is 37.9 Å². The number of para-hydroxylation sites is 1. The molecule has 19 heavy (non-hydrogen) atoms. The monoisotopic (exact) mass is 260 g/mol. The minimum Gasteiger partial charge on any atom is -0.496 e. The third kappa shape index (κ3) is 2.63. The molecule has 3 saturated heterocycles. The van der Waals surface area contributed by atoms with Crippen LogP contribution in [-0.4, -0.2) is 37.2 Å². The quantitative estimate of drug-likeness (QED) is 0.904. The van der Waals surface area contributed by atoms with Gasteiger partial charge < -0.3 is 10.5 Å². The minimum atomic E-state index is 0.305. The summed E-state index contributed by atoms with van der Waals surface area (Å²) in [5.74, 6) is 1.85. The van der Waals surface area contributed by atoms with Gasteiger partial charge in [0, 0.05) is 12.1 Å². The zero-order valence-electron chi connectivity index (χ0n) is 11.7. The maximum Gasteiger partial charge on any atom is 0.122 e. The first kappa shape index (κ1) is 12.9. The predicted octanol–water partition coefficient (Wildman–Crippen LogP) is 2.05. The molecule has 0 amide bonds. The van der Waals surface area contributed by atoms with Crippen LogP contribution in [0.4, 0.5) is 0 Å². The largest absolute Gasteiger partial charge is 0.496 e. The van der Waals surface area contributed by atoms with Gasteiger partial charge in [0.15, 0.2) is 0 Å². The van der Waals surface area contributed by atoms with Crippen LogP contribution >= 0.6 is 0 Å². The van der Waals surface area contributed by atoms with E-state index < -0.39 is 0 Å². The highest BCUT2D eigenvalue weighted by atomic mass is 16.5. The molecule has 1 aromatic carbocycles. The molecule has 4 rings (SSSR count). The molecule has 0 spiro atoms. The summed E-state index contributed by atoms with van der Waals surface area (Å²) < 4.78 is 5.47. The fourth-order valence-electron chi connectivity index (χ4n) is 3.71. The van der Waals surface area contributed by atoms with E-state index in [0.717, 1.165) is 18.1 Å². The number of fused-ring (bicyclic) bond motifs is 4. The third-order valence-electron chi connectivity index (χ3n) is 4.84. The van der Waals surface area contributed by atoms with E-state index in [4.69, 9.17) is 10.5 Å². The second-order valence-corrected chi connectivity index (χ2v) is 5.96. The number of rotatable bonds is 3. The van der Waals surface area contributed by atoms with Gasteiger partial charge in [0.2, 0.25) is 0 Å². The molecule has 3 fully saturated rings. The van der Waals surface area contributed by atoms with Gasteiger partial charge in [-0.25, -0.2) is 0 Å². The van der Waals surface area contributed by atoms with Crippen LogP contribution in [0.15, 0.2) is 24.3 Å². The second-order valence-electron chi connectivity index (χ2n) is 5.96. The van der Waals surface area contributed by atoms with Gasteiger partial charge in [0.05, 0.1) is 7.11 Å². The molecule has 0 saturated carbocycles. The van der Waals surface area contributed by atoms with Crippen molar-refractivity contribution in [3.63, 3.8) is 0 Å². The van der Waals surface area contributed by atoms with Crippen LogP contribution in [-0.2, 0) is 6.42 Å². The van der Waals surface area contributed by atoms with Crippen LogP contribution in [0, 0.1) is 5.92 Å². The molecule has 3 heterocycles. The highest BCUT2D eigenvalue weighted by Gasteiger charge is 2.35. The van der Waals surface area contributed by atoms with Gasteiger partial charge in [-0.15, -0.1) is 0 Å².